The van der Waals surface area contributed by atoms with Crippen molar-refractivity contribution in [3.8, 4) is 0 Å². The maximum atomic E-state index is 5.04. The first-order valence-electron chi connectivity index (χ1n) is 3.79. The Morgan fingerprint density at radius 1 is 1.08 bits per heavy atom. The summed E-state index contributed by atoms with van der Waals surface area (Å²) in [7, 11) is 20.1. The summed E-state index contributed by atoms with van der Waals surface area (Å²) in [4.78, 5) is 0. The molecule has 0 spiro atoms. The third-order valence-corrected chi connectivity index (χ3v) is 1.68. The molecule has 0 saturated heterocycles. The Hall–Kier alpha value is 1.52. The first-order valence-corrected chi connectivity index (χ1v) is 16.5. The van der Waals surface area contributed by atoms with Gasteiger partial charge in [0.1, 0.15) is 0 Å². The molecule has 0 unspecified atom stereocenters. The van der Waals surface area contributed by atoms with E-state index >= 15 is 0 Å². The van der Waals surface area contributed by atoms with Gasteiger partial charge >= 0.3 is 49.5 Å². The van der Waals surface area contributed by atoms with E-state index in [2.05, 4.69) is 26.8 Å². The fourth-order valence-electron chi connectivity index (χ4n) is 1.10. The van der Waals surface area contributed by atoms with E-state index in [0.717, 1.165) is 0 Å². The van der Waals surface area contributed by atoms with Crippen molar-refractivity contribution < 1.29 is 15.5 Å². The van der Waals surface area contributed by atoms with Crippen LogP contribution in [-0.4, -0.2) is 0 Å². The average Bonchev–Trinajstić information content (AvgIpc) is 2.05. The Morgan fingerprint density at radius 2 is 1.46 bits per heavy atom. The van der Waals surface area contributed by atoms with Gasteiger partial charge in [0.2, 0.25) is 0 Å². The molecule has 0 heterocycles. The number of allylic oxidation sites excluding steroid dienone is 4. The first kappa shape index (κ1) is 14.5. The minimum absolute atomic E-state index is 1.20. The van der Waals surface area contributed by atoms with Gasteiger partial charge in [0.25, 0.3) is 0 Å². The second-order valence-corrected chi connectivity index (χ2v) is 25.4. The fourth-order valence-corrected chi connectivity index (χ4v) is 1.10. The molecule has 5 heteroatoms. The summed E-state index contributed by atoms with van der Waals surface area (Å²) in [5.41, 5.74) is 4.49. The monoisotopic (exact) mass is 338 g/mol. The van der Waals surface area contributed by atoms with Crippen molar-refractivity contribution >= 4 is 34.1 Å². The van der Waals surface area contributed by atoms with Crippen molar-refractivity contribution in [1.82, 2.24) is 0 Å². The zero-order valence-electron chi connectivity index (χ0n) is 7.80. The number of hydrogen-bond donors (Lipinski definition) is 0. The van der Waals surface area contributed by atoms with Crippen LogP contribution in [0.5, 0.6) is 0 Å². The molecule has 0 aromatic carbocycles. The van der Waals surface area contributed by atoms with Gasteiger partial charge in [0, 0.05) is 0 Å². The molecule has 0 bridgehead atoms. The molecule has 0 atom stereocenters. The van der Waals surface area contributed by atoms with E-state index in [1.165, 1.54) is 23.1 Å². The van der Waals surface area contributed by atoms with Crippen LogP contribution < -0.4 is 0 Å². The molecule has 0 aliphatic heterocycles. The van der Waals surface area contributed by atoms with Gasteiger partial charge in [-0.1, -0.05) is 22.8 Å². The van der Waals surface area contributed by atoms with Crippen LogP contribution in [-0.2, 0) is 15.5 Å². The fraction of sp³-hybridized carbons (Fsp3) is 0.500. The topological polar surface area (TPSA) is 0 Å². The molecule has 0 saturated carbocycles. The van der Waals surface area contributed by atoms with Crippen LogP contribution >= 0.6 is 34.1 Å². The molecule has 13 heavy (non-hydrogen) atoms. The van der Waals surface area contributed by atoms with E-state index in [-0.39, 0.29) is 0 Å². The molecule has 0 amide bonds. The zero-order valence-corrected chi connectivity index (χ0v) is 13.3. The molecule has 0 aromatic rings. The van der Waals surface area contributed by atoms with Gasteiger partial charge in [-0.3, -0.25) is 0 Å². The van der Waals surface area contributed by atoms with Crippen molar-refractivity contribution in [3.05, 3.63) is 22.8 Å². The maximum absolute atomic E-state index is 5.04. The van der Waals surface area contributed by atoms with E-state index in [4.69, 9.17) is 34.1 Å². The van der Waals surface area contributed by atoms with E-state index in [0.29, 0.717) is 0 Å². The summed E-state index contributed by atoms with van der Waals surface area (Å²) < 4.78 is 0. The number of hydrogen-bond acceptors (Lipinski definition) is 0. The van der Waals surface area contributed by atoms with Crippen LogP contribution in [0.4, 0.5) is 0 Å². The second-order valence-electron chi connectivity index (χ2n) is 3.06. The van der Waals surface area contributed by atoms with Crippen molar-refractivity contribution in [2.75, 3.05) is 0 Å². The van der Waals surface area contributed by atoms with Gasteiger partial charge < -0.3 is 0 Å². The normalized spacial score (nSPS) is 16.7. The van der Waals surface area contributed by atoms with Crippen LogP contribution in [0.15, 0.2) is 22.8 Å². The Morgan fingerprint density at radius 3 is 1.54 bits per heavy atom. The summed E-state index contributed by atoms with van der Waals surface area (Å²) >= 11 is -3.29. The van der Waals surface area contributed by atoms with Gasteiger partial charge in [-0.15, -0.1) is 0 Å². The van der Waals surface area contributed by atoms with E-state index in [9.17, 15) is 0 Å². The van der Waals surface area contributed by atoms with Crippen molar-refractivity contribution in [2.24, 2.45) is 0 Å². The average molecular weight is 341 g/mol. The number of rotatable bonds is 0. The SMILES string of the molecule is CC1=CC(C)=C(C)C1.[Cl][Zr]([Cl])([Cl])[Cl]. The summed E-state index contributed by atoms with van der Waals surface area (Å²) in [6.45, 7) is 6.55. The Bertz CT molecular complexity index is 231. The van der Waals surface area contributed by atoms with Gasteiger partial charge in [-0.05, 0) is 27.2 Å². The van der Waals surface area contributed by atoms with Crippen LogP contribution in [0.2, 0.25) is 0 Å². The molecule has 1 rings (SSSR count). The number of halogens is 4. The molecule has 0 fully saturated rings. The first-order chi connectivity index (χ1) is 5.70. The van der Waals surface area contributed by atoms with Crippen molar-refractivity contribution in [1.29, 1.82) is 0 Å². The Balaban J connectivity index is 0.000000252. The van der Waals surface area contributed by atoms with Crippen LogP contribution in [0, 0.1) is 0 Å². The molecule has 0 radical (unpaired) electrons. The summed E-state index contributed by atoms with van der Waals surface area (Å²) in [6, 6.07) is 0. The van der Waals surface area contributed by atoms with Crippen LogP contribution in [0.1, 0.15) is 27.2 Å². The molecule has 0 N–H and O–H groups in total. The minimum atomic E-state index is -3.29. The van der Waals surface area contributed by atoms with Crippen molar-refractivity contribution in [3.63, 3.8) is 0 Å². The van der Waals surface area contributed by atoms with Gasteiger partial charge in [-0.2, -0.15) is 0 Å². The van der Waals surface area contributed by atoms with Gasteiger partial charge in [-0.25, -0.2) is 0 Å². The molecule has 1 aliphatic carbocycles. The molecular formula is C8H12Cl4Zr. The quantitative estimate of drug-likeness (QED) is 0.551. The van der Waals surface area contributed by atoms with E-state index < -0.39 is 15.5 Å². The standard InChI is InChI=1S/C8H12.4ClH.Zr/c1-6-4-7(2)8(3)5-6;;;;;/h4H,5H2,1-3H3;4*1H;/q;;;;;+4/p-4. The summed E-state index contributed by atoms with van der Waals surface area (Å²) in [5.74, 6) is 0. The molecule has 0 aromatic heterocycles. The second kappa shape index (κ2) is 6.18. The Labute approximate surface area is 98.5 Å². The molecule has 1 aliphatic rings. The predicted octanol–water partition coefficient (Wildman–Crippen LogP) is 5.43. The van der Waals surface area contributed by atoms with Gasteiger partial charge in [0.05, 0.1) is 0 Å². The summed E-state index contributed by atoms with van der Waals surface area (Å²) in [5, 5.41) is 0. The third-order valence-electron chi connectivity index (χ3n) is 1.68. The Kier molecular flexibility index (Phi) is 6.91. The van der Waals surface area contributed by atoms with Crippen LogP contribution in [0.3, 0.4) is 0 Å². The van der Waals surface area contributed by atoms with Gasteiger partial charge in [0.15, 0.2) is 0 Å². The predicted molar refractivity (Wildman–Crippen MR) is 60.2 cm³/mol. The molecule has 76 valence electrons. The molecule has 0 nitrogen and oxygen atoms in total. The zero-order chi connectivity index (χ0) is 10.6. The van der Waals surface area contributed by atoms with Crippen molar-refractivity contribution in [2.45, 2.75) is 27.2 Å². The van der Waals surface area contributed by atoms with E-state index in [1.807, 2.05) is 0 Å². The third kappa shape index (κ3) is 9.82. The van der Waals surface area contributed by atoms with Crippen LogP contribution in [0.25, 0.3) is 0 Å². The van der Waals surface area contributed by atoms with E-state index in [1.54, 1.807) is 0 Å². The molecular weight excluding hydrogens is 329 g/mol. The summed E-state index contributed by atoms with van der Waals surface area (Å²) in [6.07, 6.45) is 3.46.